The lowest BCUT2D eigenvalue weighted by Crippen LogP contribution is -2.42. The number of ether oxygens (including phenoxy) is 1. The van der Waals surface area contributed by atoms with E-state index in [0.29, 0.717) is 18.3 Å². The zero-order chi connectivity index (χ0) is 22.3. The van der Waals surface area contributed by atoms with Crippen LogP contribution in [-0.2, 0) is 10.0 Å². The van der Waals surface area contributed by atoms with Gasteiger partial charge in [-0.1, -0.05) is 13.0 Å². The molecule has 170 valence electrons. The third-order valence-corrected chi connectivity index (χ3v) is 8.28. The summed E-state index contributed by atoms with van der Waals surface area (Å²) in [5, 5.41) is 4.40. The van der Waals surface area contributed by atoms with Gasteiger partial charge in [-0.2, -0.15) is 14.3 Å². The molecule has 12 heteroatoms. The maximum Gasteiger partial charge on any atom is 0.263 e. The van der Waals surface area contributed by atoms with Gasteiger partial charge in [0.25, 0.3) is 10.0 Å². The third kappa shape index (κ3) is 3.93. The Morgan fingerprint density at radius 1 is 1.25 bits per heavy atom. The lowest BCUT2D eigenvalue weighted by atomic mass is 9.87. The summed E-state index contributed by atoms with van der Waals surface area (Å²) in [6.45, 7) is 3.72. The first-order valence-corrected chi connectivity index (χ1v) is 12.8. The van der Waals surface area contributed by atoms with Crippen molar-refractivity contribution >= 4 is 26.7 Å². The first kappa shape index (κ1) is 21.2. The molecule has 3 atom stereocenters. The van der Waals surface area contributed by atoms with E-state index >= 15 is 0 Å². The third-order valence-electron chi connectivity index (χ3n) is 6.23. The first-order chi connectivity index (χ1) is 15.4. The van der Waals surface area contributed by atoms with Crippen LogP contribution in [0.5, 0.6) is 5.75 Å². The summed E-state index contributed by atoms with van der Waals surface area (Å²) in [6.07, 6.45) is 5.96. The van der Waals surface area contributed by atoms with E-state index in [1.54, 1.807) is 18.3 Å². The van der Waals surface area contributed by atoms with Crippen LogP contribution in [0, 0.1) is 5.92 Å². The van der Waals surface area contributed by atoms with Crippen molar-refractivity contribution in [2.45, 2.75) is 43.2 Å². The fourth-order valence-electron chi connectivity index (χ4n) is 4.67. The van der Waals surface area contributed by atoms with Gasteiger partial charge < -0.3 is 10.6 Å². The number of fused-ring (bicyclic) bond motifs is 1. The number of anilines is 1. The van der Waals surface area contributed by atoms with Gasteiger partial charge in [-0.3, -0.25) is 9.62 Å². The normalized spacial score (nSPS) is 24.0. The van der Waals surface area contributed by atoms with E-state index in [1.807, 2.05) is 12.1 Å². The van der Waals surface area contributed by atoms with Crippen LogP contribution in [0.4, 0.5) is 5.13 Å². The number of nitrogen functional groups attached to an aromatic ring is 1. The second kappa shape index (κ2) is 8.34. The van der Waals surface area contributed by atoms with Crippen LogP contribution in [0.1, 0.15) is 49.5 Å². The molecule has 5 rings (SSSR count). The minimum Gasteiger partial charge on any atom is -0.493 e. The Hall–Kier alpha value is -2.70. The van der Waals surface area contributed by atoms with E-state index in [2.05, 4.69) is 31.0 Å². The maximum absolute atomic E-state index is 12.8. The Balaban J connectivity index is 1.46. The van der Waals surface area contributed by atoms with Crippen molar-refractivity contribution < 1.29 is 13.2 Å². The predicted molar refractivity (Wildman–Crippen MR) is 120 cm³/mol. The van der Waals surface area contributed by atoms with Crippen LogP contribution >= 0.6 is 11.5 Å². The van der Waals surface area contributed by atoms with Gasteiger partial charge in [0.15, 0.2) is 0 Å². The van der Waals surface area contributed by atoms with Crippen LogP contribution in [-0.4, -0.2) is 45.7 Å². The summed E-state index contributed by atoms with van der Waals surface area (Å²) < 4.78 is 37.8. The summed E-state index contributed by atoms with van der Waals surface area (Å²) >= 11 is 0.986. The number of aromatic nitrogens is 4. The van der Waals surface area contributed by atoms with Crippen molar-refractivity contribution in [1.29, 1.82) is 0 Å². The standard InChI is InChI=1S/C20H25N7O3S2/c1-13-5-8-26(18(10-13)17-4-7-23-27(17)21)16-6-9-30-19-11-14(2-3-15(16)19)32(28,29)25-20-22-12-24-31-20/h2-4,7,11-13,16,18H,5-6,8-10,21H2,1H3,(H,22,24,25)/t13-,16-,18+/m0/s1. The minimum absolute atomic E-state index is 0.110. The monoisotopic (exact) mass is 475 g/mol. The number of likely N-dealkylation sites (tertiary alicyclic amines) is 1. The number of sulfonamides is 1. The lowest BCUT2D eigenvalue weighted by molar-refractivity contribution is 0.0453. The van der Waals surface area contributed by atoms with Gasteiger partial charge in [0, 0.05) is 35.6 Å². The Kier molecular flexibility index (Phi) is 5.51. The molecule has 0 spiro atoms. The molecule has 0 unspecified atom stereocenters. The number of benzene rings is 1. The first-order valence-electron chi connectivity index (χ1n) is 10.5. The van der Waals surface area contributed by atoms with Gasteiger partial charge >= 0.3 is 0 Å². The lowest BCUT2D eigenvalue weighted by Gasteiger charge is -2.44. The Labute approximate surface area is 190 Å². The topological polar surface area (TPSA) is 128 Å². The van der Waals surface area contributed by atoms with Crippen LogP contribution in [0.25, 0.3) is 0 Å². The molecule has 2 aromatic heterocycles. The number of hydrogen-bond acceptors (Lipinski definition) is 9. The van der Waals surface area contributed by atoms with E-state index < -0.39 is 10.0 Å². The van der Waals surface area contributed by atoms with E-state index in [0.717, 1.165) is 48.6 Å². The van der Waals surface area contributed by atoms with Crippen LogP contribution in [0.2, 0.25) is 0 Å². The highest BCUT2D eigenvalue weighted by molar-refractivity contribution is 7.93. The van der Waals surface area contributed by atoms with Crippen LogP contribution < -0.4 is 15.3 Å². The molecule has 4 heterocycles. The zero-order valence-corrected chi connectivity index (χ0v) is 19.2. The smallest absolute Gasteiger partial charge is 0.263 e. The van der Waals surface area contributed by atoms with Crippen molar-refractivity contribution in [3.63, 3.8) is 0 Å². The summed E-state index contributed by atoms with van der Waals surface area (Å²) in [6, 6.07) is 7.31. The van der Waals surface area contributed by atoms with Gasteiger partial charge in [0.1, 0.15) is 12.1 Å². The molecule has 10 nitrogen and oxygen atoms in total. The highest BCUT2D eigenvalue weighted by Gasteiger charge is 2.37. The Bertz CT molecular complexity index is 1200. The number of piperidine rings is 1. The van der Waals surface area contributed by atoms with E-state index in [9.17, 15) is 8.42 Å². The Morgan fingerprint density at radius 3 is 2.88 bits per heavy atom. The summed E-state index contributed by atoms with van der Waals surface area (Å²) in [5.74, 6) is 7.28. The van der Waals surface area contributed by atoms with Crippen molar-refractivity contribution in [2.24, 2.45) is 5.92 Å². The number of nitrogens with zero attached hydrogens (tertiary/aromatic N) is 5. The molecule has 0 aliphatic carbocycles. The molecule has 1 saturated heterocycles. The molecule has 3 N–H and O–H groups in total. The molecule has 32 heavy (non-hydrogen) atoms. The van der Waals surface area contributed by atoms with Gasteiger partial charge in [0.2, 0.25) is 5.13 Å². The quantitative estimate of drug-likeness (QED) is 0.539. The average Bonchev–Trinajstić information content (AvgIpc) is 3.44. The van der Waals surface area contributed by atoms with Gasteiger partial charge in [-0.05, 0) is 37.4 Å². The predicted octanol–water partition coefficient (Wildman–Crippen LogP) is 2.55. The summed E-state index contributed by atoms with van der Waals surface area (Å²) in [5.41, 5.74) is 1.99. The molecule has 1 fully saturated rings. The Morgan fingerprint density at radius 2 is 2.12 bits per heavy atom. The highest BCUT2D eigenvalue weighted by Crippen LogP contribution is 2.45. The second-order valence-electron chi connectivity index (χ2n) is 8.29. The molecule has 0 radical (unpaired) electrons. The SMILES string of the molecule is C[C@H]1CCN([C@H]2CCOc3cc(S(=O)(=O)Nc4ncns4)ccc32)[C@@H](c2ccnn2N)C1. The number of nitrogens with two attached hydrogens (primary N) is 1. The fourth-order valence-corrected chi connectivity index (χ4v) is 6.34. The van der Waals surface area contributed by atoms with E-state index in [1.165, 1.54) is 11.1 Å². The largest absolute Gasteiger partial charge is 0.493 e. The second-order valence-corrected chi connectivity index (χ2v) is 10.8. The van der Waals surface area contributed by atoms with Gasteiger partial charge in [-0.15, -0.1) is 0 Å². The van der Waals surface area contributed by atoms with Crippen molar-refractivity contribution in [2.75, 3.05) is 23.7 Å². The van der Waals surface area contributed by atoms with Crippen molar-refractivity contribution in [1.82, 2.24) is 24.1 Å². The van der Waals surface area contributed by atoms with Gasteiger partial charge in [-0.25, -0.2) is 13.4 Å². The number of rotatable bonds is 5. The molecular weight excluding hydrogens is 450 g/mol. The maximum atomic E-state index is 12.8. The molecule has 2 aliphatic heterocycles. The molecular formula is C20H25N7O3S2. The fraction of sp³-hybridized carbons (Fsp3) is 0.450. The van der Waals surface area contributed by atoms with E-state index in [-0.39, 0.29) is 22.1 Å². The molecule has 2 aliphatic rings. The summed E-state index contributed by atoms with van der Waals surface area (Å²) in [4.78, 5) is 7.96. The molecule has 0 amide bonds. The van der Waals surface area contributed by atoms with Crippen molar-refractivity contribution in [3.8, 4) is 5.75 Å². The van der Waals surface area contributed by atoms with Crippen molar-refractivity contribution in [3.05, 3.63) is 48.0 Å². The molecule has 0 saturated carbocycles. The van der Waals surface area contributed by atoms with E-state index in [4.69, 9.17) is 10.6 Å². The van der Waals surface area contributed by atoms with Crippen LogP contribution in [0.3, 0.4) is 0 Å². The van der Waals surface area contributed by atoms with Crippen LogP contribution in [0.15, 0.2) is 41.7 Å². The zero-order valence-electron chi connectivity index (χ0n) is 17.6. The van der Waals surface area contributed by atoms with Gasteiger partial charge in [0.05, 0.1) is 29.4 Å². The molecule has 0 bridgehead atoms. The average molecular weight is 476 g/mol. The number of nitrogens with one attached hydrogen (secondary N) is 1. The minimum atomic E-state index is -3.78. The highest BCUT2D eigenvalue weighted by atomic mass is 32.2. The number of hydrogen-bond donors (Lipinski definition) is 2. The molecule has 3 aromatic rings. The summed E-state index contributed by atoms with van der Waals surface area (Å²) in [7, 11) is -3.78. The molecule has 1 aromatic carbocycles.